The minimum atomic E-state index is 1.16. The van der Waals surface area contributed by atoms with Gasteiger partial charge in [-0.2, -0.15) is 0 Å². The molecule has 0 atom stereocenters. The van der Waals surface area contributed by atoms with Crippen molar-refractivity contribution in [1.82, 2.24) is 4.98 Å². The van der Waals surface area contributed by atoms with Gasteiger partial charge in [0.05, 0.1) is 0 Å². The normalized spacial score (nSPS) is 11.6. The van der Waals surface area contributed by atoms with Gasteiger partial charge >= 0.3 is 0 Å². The first kappa shape index (κ1) is 26.4. The van der Waals surface area contributed by atoms with Gasteiger partial charge in [-0.15, -0.1) is 0 Å². The molecule has 0 fully saturated rings. The molecule has 0 aliphatic rings. The monoisotopic (exact) mass is 549 g/mol. The molecule has 0 spiro atoms. The molecule has 0 saturated carbocycles. The van der Waals surface area contributed by atoms with Gasteiger partial charge in [-0.05, 0) is 114 Å². The molecule has 0 bridgehead atoms. The second kappa shape index (κ2) is 11.4. The van der Waals surface area contributed by atoms with E-state index in [1.807, 2.05) is 18.5 Å². The minimum Gasteiger partial charge on any atom is -0.265 e. The molecule has 0 amide bonds. The van der Waals surface area contributed by atoms with E-state index in [4.69, 9.17) is 0 Å². The Kier molecular flexibility index (Phi) is 6.99. The molecule has 1 heteroatoms. The molecule has 1 aromatic heterocycles. The van der Waals surface area contributed by atoms with Crippen LogP contribution in [0.3, 0.4) is 0 Å². The Bertz CT molecular complexity index is 2060. The summed E-state index contributed by atoms with van der Waals surface area (Å²) in [7, 11) is 0. The number of benzene rings is 6. The molecule has 0 aliphatic carbocycles. The van der Waals surface area contributed by atoms with Crippen LogP contribution in [0, 0.1) is 0 Å². The third kappa shape index (κ3) is 5.07. The van der Waals surface area contributed by atoms with E-state index in [1.165, 1.54) is 71.6 Å². The molecule has 7 rings (SSSR count). The Balaban J connectivity index is 1.31. The molecule has 0 aliphatic heterocycles. The largest absolute Gasteiger partial charge is 0.265 e. The van der Waals surface area contributed by atoms with Crippen molar-refractivity contribution >= 4 is 39.3 Å². The average molecular weight is 550 g/mol. The van der Waals surface area contributed by atoms with Crippen LogP contribution < -0.4 is 0 Å². The summed E-state index contributed by atoms with van der Waals surface area (Å²) in [5, 5.41) is 5.00. The highest BCUT2D eigenvalue weighted by Crippen LogP contribution is 2.37. The zero-order valence-corrected chi connectivity index (χ0v) is 24.2. The van der Waals surface area contributed by atoms with Crippen molar-refractivity contribution < 1.29 is 0 Å². The van der Waals surface area contributed by atoms with Crippen LogP contribution in [0.2, 0.25) is 0 Å². The number of allylic oxidation sites excluding steroid dienone is 1. The van der Waals surface area contributed by atoms with Gasteiger partial charge in [0.2, 0.25) is 0 Å². The second-order valence-electron chi connectivity index (χ2n) is 10.9. The number of pyridine rings is 1. The number of aromatic nitrogens is 1. The van der Waals surface area contributed by atoms with Gasteiger partial charge in [0.25, 0.3) is 0 Å². The van der Waals surface area contributed by atoms with Gasteiger partial charge in [-0.1, -0.05) is 122 Å². The Labute approximate surface area is 253 Å². The van der Waals surface area contributed by atoms with Crippen molar-refractivity contribution in [2.24, 2.45) is 0 Å². The van der Waals surface area contributed by atoms with Crippen LogP contribution in [0.15, 0.2) is 152 Å². The summed E-state index contributed by atoms with van der Waals surface area (Å²) in [5.74, 6) is 0. The molecule has 0 N–H and O–H groups in total. The Hall–Kier alpha value is -5.53. The SMILES string of the molecule is C=Cc1c(/C=C(\C)c2ccc(-c3cc(-c4ccccc4)cc(-c4ccncc4)c3)cc2)c2ccccc2c2ccccc12. The predicted octanol–water partition coefficient (Wildman–Crippen LogP) is 11.6. The fourth-order valence-corrected chi connectivity index (χ4v) is 6.10. The van der Waals surface area contributed by atoms with Gasteiger partial charge in [-0.25, -0.2) is 0 Å². The first-order valence-corrected chi connectivity index (χ1v) is 14.7. The van der Waals surface area contributed by atoms with Gasteiger partial charge in [0, 0.05) is 12.4 Å². The van der Waals surface area contributed by atoms with E-state index < -0.39 is 0 Å². The summed E-state index contributed by atoms with van der Waals surface area (Å²) >= 11 is 0. The van der Waals surface area contributed by atoms with Crippen LogP contribution in [0.1, 0.15) is 23.6 Å². The summed E-state index contributed by atoms with van der Waals surface area (Å²) in [5.41, 5.74) is 11.9. The molecule has 0 radical (unpaired) electrons. The molecule has 1 nitrogen and oxygen atoms in total. The highest BCUT2D eigenvalue weighted by molar-refractivity contribution is 6.15. The number of fused-ring (bicyclic) bond motifs is 3. The minimum absolute atomic E-state index is 1.16. The third-order valence-electron chi connectivity index (χ3n) is 8.31. The maximum Gasteiger partial charge on any atom is 0.0273 e. The Morgan fingerprint density at radius 1 is 0.488 bits per heavy atom. The molecular weight excluding hydrogens is 518 g/mol. The average Bonchev–Trinajstić information content (AvgIpc) is 3.09. The van der Waals surface area contributed by atoms with Gasteiger partial charge in [0.15, 0.2) is 0 Å². The standard InChI is InChI=1S/C42H31N/c1-3-37-38-13-7-8-14-39(38)40-15-9-10-16-41(40)42(37)25-29(2)30-17-19-32(20-18-30)35-26-34(31-11-5-4-6-12-31)27-36(28-35)33-21-23-43-24-22-33/h3-28H,1H2,2H3/b29-25+. The van der Waals surface area contributed by atoms with Crippen molar-refractivity contribution in [2.75, 3.05) is 0 Å². The maximum absolute atomic E-state index is 4.22. The smallest absolute Gasteiger partial charge is 0.0273 e. The van der Waals surface area contributed by atoms with E-state index in [1.54, 1.807) is 0 Å². The van der Waals surface area contributed by atoms with E-state index in [0.29, 0.717) is 0 Å². The molecule has 7 aromatic rings. The summed E-state index contributed by atoms with van der Waals surface area (Å²) in [6.07, 6.45) is 8.02. The molecule has 204 valence electrons. The fourth-order valence-electron chi connectivity index (χ4n) is 6.10. The van der Waals surface area contributed by atoms with E-state index in [0.717, 1.165) is 5.56 Å². The highest BCUT2D eigenvalue weighted by Gasteiger charge is 2.12. The summed E-state index contributed by atoms with van der Waals surface area (Å²) < 4.78 is 0. The van der Waals surface area contributed by atoms with Gasteiger partial charge < -0.3 is 0 Å². The van der Waals surface area contributed by atoms with Crippen molar-refractivity contribution in [1.29, 1.82) is 0 Å². The molecular formula is C42H31N. The first-order valence-electron chi connectivity index (χ1n) is 14.7. The van der Waals surface area contributed by atoms with Crippen molar-refractivity contribution in [2.45, 2.75) is 6.92 Å². The number of rotatable bonds is 6. The van der Waals surface area contributed by atoms with Crippen LogP contribution in [0.4, 0.5) is 0 Å². The van der Waals surface area contributed by atoms with E-state index >= 15 is 0 Å². The van der Waals surface area contributed by atoms with Crippen molar-refractivity contribution in [3.8, 4) is 33.4 Å². The number of hydrogen-bond donors (Lipinski definition) is 0. The van der Waals surface area contributed by atoms with Crippen molar-refractivity contribution in [3.63, 3.8) is 0 Å². The molecule has 6 aromatic carbocycles. The zero-order chi connectivity index (χ0) is 29.2. The lowest BCUT2D eigenvalue weighted by Gasteiger charge is -2.14. The fraction of sp³-hybridized carbons (Fsp3) is 0.0238. The maximum atomic E-state index is 4.22. The Morgan fingerprint density at radius 2 is 0.953 bits per heavy atom. The lowest BCUT2D eigenvalue weighted by molar-refractivity contribution is 1.33. The summed E-state index contributed by atoms with van der Waals surface area (Å²) in [4.78, 5) is 4.22. The zero-order valence-electron chi connectivity index (χ0n) is 24.2. The topological polar surface area (TPSA) is 12.9 Å². The van der Waals surface area contributed by atoms with Gasteiger partial charge in [-0.3, -0.25) is 4.98 Å². The summed E-state index contributed by atoms with van der Waals surface area (Å²) in [6, 6.07) is 47.8. The third-order valence-corrected chi connectivity index (χ3v) is 8.31. The van der Waals surface area contributed by atoms with Crippen LogP contribution in [-0.4, -0.2) is 4.98 Å². The molecule has 1 heterocycles. The number of hydrogen-bond acceptors (Lipinski definition) is 1. The molecule has 43 heavy (non-hydrogen) atoms. The lowest BCUT2D eigenvalue weighted by atomic mass is 9.89. The number of nitrogens with zero attached hydrogens (tertiary/aromatic N) is 1. The lowest BCUT2D eigenvalue weighted by Crippen LogP contribution is -1.90. The van der Waals surface area contributed by atoms with E-state index in [-0.39, 0.29) is 0 Å². The van der Waals surface area contributed by atoms with E-state index in [2.05, 4.69) is 158 Å². The van der Waals surface area contributed by atoms with Crippen molar-refractivity contribution in [3.05, 3.63) is 169 Å². The quantitative estimate of drug-likeness (QED) is 0.148. The van der Waals surface area contributed by atoms with Crippen LogP contribution in [0.5, 0.6) is 0 Å². The summed E-state index contributed by atoms with van der Waals surface area (Å²) in [6.45, 7) is 6.40. The molecule has 0 saturated heterocycles. The second-order valence-corrected chi connectivity index (χ2v) is 10.9. The molecule has 0 unspecified atom stereocenters. The van der Waals surface area contributed by atoms with Crippen LogP contribution in [0.25, 0.3) is 72.7 Å². The predicted molar refractivity (Wildman–Crippen MR) is 186 cm³/mol. The Morgan fingerprint density at radius 3 is 1.51 bits per heavy atom. The highest BCUT2D eigenvalue weighted by atomic mass is 14.6. The van der Waals surface area contributed by atoms with Crippen LogP contribution in [-0.2, 0) is 0 Å². The first-order chi connectivity index (χ1) is 21.2. The van der Waals surface area contributed by atoms with Gasteiger partial charge in [0.1, 0.15) is 0 Å². The van der Waals surface area contributed by atoms with E-state index in [9.17, 15) is 0 Å². The van der Waals surface area contributed by atoms with Crippen LogP contribution >= 0.6 is 0 Å².